The van der Waals surface area contributed by atoms with E-state index in [9.17, 15) is 4.79 Å². The molecular formula is C16H21BrO3. The third-order valence-corrected chi connectivity index (χ3v) is 5.74. The summed E-state index contributed by atoms with van der Waals surface area (Å²) in [6.07, 6.45) is 12.2. The predicted octanol–water partition coefficient (Wildman–Crippen LogP) is 4.02. The Bertz CT molecular complexity index is 470. The van der Waals surface area contributed by atoms with Crippen LogP contribution in [0, 0.1) is 0 Å². The molecule has 110 valence electrons. The number of rotatable bonds is 4. The molecule has 2 heterocycles. The van der Waals surface area contributed by atoms with Gasteiger partial charge in [0.15, 0.2) is 0 Å². The molecule has 0 amide bonds. The number of carbonyl (C=O) groups is 1. The molecule has 2 fully saturated rings. The van der Waals surface area contributed by atoms with E-state index < -0.39 is 0 Å². The van der Waals surface area contributed by atoms with Crippen LogP contribution in [0.1, 0.15) is 51.4 Å². The van der Waals surface area contributed by atoms with Crippen molar-refractivity contribution in [3.8, 4) is 0 Å². The van der Waals surface area contributed by atoms with E-state index in [0.29, 0.717) is 6.42 Å². The summed E-state index contributed by atoms with van der Waals surface area (Å²) in [6.45, 7) is 0. The van der Waals surface area contributed by atoms with Gasteiger partial charge in [0.2, 0.25) is 0 Å². The first-order chi connectivity index (χ1) is 9.57. The van der Waals surface area contributed by atoms with Gasteiger partial charge in [0, 0.05) is 6.42 Å². The number of hydrogen-bond acceptors (Lipinski definition) is 3. The summed E-state index contributed by atoms with van der Waals surface area (Å²) in [5, 5.41) is 0. The number of halogens is 1. The minimum absolute atomic E-state index is 0.0413. The van der Waals surface area contributed by atoms with E-state index in [0.717, 1.165) is 44.9 Å². The molecule has 0 radical (unpaired) electrons. The highest BCUT2D eigenvalue weighted by Gasteiger charge is 2.56. The van der Waals surface area contributed by atoms with Crippen LogP contribution >= 0.6 is 15.9 Å². The summed E-state index contributed by atoms with van der Waals surface area (Å²) in [5.74, 6) is -0.129. The zero-order valence-electron chi connectivity index (χ0n) is 11.9. The highest BCUT2D eigenvalue weighted by molar-refractivity contribution is 9.11. The van der Waals surface area contributed by atoms with Gasteiger partial charge in [-0.1, -0.05) is 28.1 Å². The molecule has 3 rings (SSSR count). The highest BCUT2D eigenvalue weighted by atomic mass is 79.9. The fourth-order valence-corrected chi connectivity index (χ4v) is 4.17. The van der Waals surface area contributed by atoms with Crippen molar-refractivity contribution in [2.24, 2.45) is 0 Å². The first kappa shape index (κ1) is 14.3. The zero-order chi connectivity index (χ0) is 14.2. The van der Waals surface area contributed by atoms with E-state index in [1.165, 1.54) is 17.2 Å². The van der Waals surface area contributed by atoms with Gasteiger partial charge < -0.3 is 9.47 Å². The van der Waals surface area contributed by atoms with Gasteiger partial charge in [0.05, 0.1) is 18.3 Å². The van der Waals surface area contributed by atoms with E-state index in [1.807, 2.05) is 0 Å². The molecule has 3 nitrogen and oxygen atoms in total. The van der Waals surface area contributed by atoms with Crippen LogP contribution in [0.4, 0.5) is 0 Å². The molecule has 0 aromatic heterocycles. The highest BCUT2D eigenvalue weighted by Crippen LogP contribution is 2.57. The topological polar surface area (TPSA) is 35.5 Å². The summed E-state index contributed by atoms with van der Waals surface area (Å²) in [5.41, 5.74) is 1.33. The SMILES string of the molecule is COC(=O)CCC12CCC(C3=CC=C(Br)CC3)(CC1)O2. The van der Waals surface area contributed by atoms with Crippen molar-refractivity contribution < 1.29 is 14.3 Å². The molecule has 1 aliphatic carbocycles. The quantitative estimate of drug-likeness (QED) is 0.725. The average Bonchev–Trinajstić information content (AvgIpc) is 3.03. The van der Waals surface area contributed by atoms with Crippen molar-refractivity contribution in [2.45, 2.75) is 62.6 Å². The Kier molecular flexibility index (Phi) is 3.80. The first-order valence-electron chi connectivity index (χ1n) is 7.40. The molecule has 0 saturated carbocycles. The standard InChI is InChI=1S/C16H21BrO3/c1-19-14(18)6-7-15-8-10-16(20-15,11-9-15)12-2-4-13(17)5-3-12/h2,4H,3,5-11H2,1H3. The number of fused-ring (bicyclic) bond motifs is 2. The Morgan fingerprint density at radius 1 is 1.30 bits per heavy atom. The summed E-state index contributed by atoms with van der Waals surface area (Å²) in [7, 11) is 1.45. The molecule has 0 atom stereocenters. The van der Waals surface area contributed by atoms with Gasteiger partial charge in [-0.25, -0.2) is 0 Å². The molecule has 20 heavy (non-hydrogen) atoms. The van der Waals surface area contributed by atoms with Crippen molar-refractivity contribution in [1.29, 1.82) is 0 Å². The minimum atomic E-state index is -0.129. The Hall–Kier alpha value is -0.610. The number of ether oxygens (including phenoxy) is 2. The summed E-state index contributed by atoms with van der Waals surface area (Å²) >= 11 is 3.56. The van der Waals surface area contributed by atoms with Crippen molar-refractivity contribution in [1.82, 2.24) is 0 Å². The Morgan fingerprint density at radius 2 is 2.05 bits per heavy atom. The Morgan fingerprint density at radius 3 is 2.65 bits per heavy atom. The smallest absolute Gasteiger partial charge is 0.305 e. The summed E-state index contributed by atoms with van der Waals surface area (Å²) < 4.78 is 12.5. The number of methoxy groups -OCH3 is 1. The van der Waals surface area contributed by atoms with Gasteiger partial charge in [-0.2, -0.15) is 0 Å². The van der Waals surface area contributed by atoms with Crippen LogP contribution in [0.3, 0.4) is 0 Å². The third-order valence-electron chi connectivity index (χ3n) is 5.08. The van der Waals surface area contributed by atoms with Crippen LogP contribution in [0.5, 0.6) is 0 Å². The average molecular weight is 341 g/mol. The lowest BCUT2D eigenvalue weighted by atomic mass is 9.75. The monoisotopic (exact) mass is 340 g/mol. The van der Waals surface area contributed by atoms with Crippen molar-refractivity contribution in [3.05, 3.63) is 22.2 Å². The minimum Gasteiger partial charge on any atom is -0.469 e. The van der Waals surface area contributed by atoms with Gasteiger partial charge in [0.25, 0.3) is 0 Å². The fraction of sp³-hybridized carbons (Fsp3) is 0.688. The molecular weight excluding hydrogens is 320 g/mol. The lowest BCUT2D eigenvalue weighted by Gasteiger charge is -2.29. The number of allylic oxidation sites excluding steroid dienone is 3. The molecule has 0 spiro atoms. The van der Waals surface area contributed by atoms with Gasteiger partial charge in [-0.3, -0.25) is 4.79 Å². The van der Waals surface area contributed by atoms with E-state index in [2.05, 4.69) is 28.1 Å². The predicted molar refractivity (Wildman–Crippen MR) is 80.6 cm³/mol. The Balaban J connectivity index is 1.69. The van der Waals surface area contributed by atoms with Crippen LogP contribution in [0.15, 0.2) is 22.2 Å². The van der Waals surface area contributed by atoms with E-state index in [-0.39, 0.29) is 17.2 Å². The van der Waals surface area contributed by atoms with Crippen LogP contribution < -0.4 is 0 Å². The Labute approximate surface area is 128 Å². The normalized spacial score (nSPS) is 35.7. The molecule has 2 aliphatic heterocycles. The third kappa shape index (κ3) is 2.48. The van der Waals surface area contributed by atoms with E-state index >= 15 is 0 Å². The maximum absolute atomic E-state index is 11.4. The molecule has 4 heteroatoms. The molecule has 2 bridgehead atoms. The number of carbonyl (C=O) groups excluding carboxylic acids is 1. The maximum Gasteiger partial charge on any atom is 0.305 e. The lowest BCUT2D eigenvalue weighted by molar-refractivity contribution is -0.142. The number of hydrogen-bond donors (Lipinski definition) is 0. The second-order valence-corrected chi connectivity index (χ2v) is 7.18. The molecule has 0 aromatic rings. The van der Waals surface area contributed by atoms with E-state index in [1.54, 1.807) is 0 Å². The fourth-order valence-electron chi connectivity index (χ4n) is 3.84. The van der Waals surface area contributed by atoms with Crippen LogP contribution in [0.2, 0.25) is 0 Å². The van der Waals surface area contributed by atoms with Crippen molar-refractivity contribution >= 4 is 21.9 Å². The van der Waals surface area contributed by atoms with Gasteiger partial charge in [-0.05, 0) is 55.0 Å². The first-order valence-corrected chi connectivity index (χ1v) is 8.20. The second kappa shape index (κ2) is 5.30. The molecule has 0 aromatic carbocycles. The van der Waals surface area contributed by atoms with Crippen LogP contribution in [0.25, 0.3) is 0 Å². The largest absolute Gasteiger partial charge is 0.469 e. The molecule has 0 N–H and O–H groups in total. The van der Waals surface area contributed by atoms with Gasteiger partial charge >= 0.3 is 5.97 Å². The van der Waals surface area contributed by atoms with Gasteiger partial charge in [-0.15, -0.1) is 0 Å². The summed E-state index contributed by atoms with van der Waals surface area (Å²) in [6, 6.07) is 0. The molecule has 2 saturated heterocycles. The van der Waals surface area contributed by atoms with Crippen LogP contribution in [-0.4, -0.2) is 24.3 Å². The lowest BCUT2D eigenvalue weighted by Crippen LogP contribution is -2.28. The second-order valence-electron chi connectivity index (χ2n) is 6.16. The van der Waals surface area contributed by atoms with Crippen molar-refractivity contribution in [3.63, 3.8) is 0 Å². The van der Waals surface area contributed by atoms with Crippen molar-refractivity contribution in [2.75, 3.05) is 7.11 Å². The van der Waals surface area contributed by atoms with E-state index in [4.69, 9.17) is 9.47 Å². The zero-order valence-corrected chi connectivity index (χ0v) is 13.5. The summed E-state index contributed by atoms with van der Waals surface area (Å²) in [4.78, 5) is 11.4. The maximum atomic E-state index is 11.4. The number of esters is 1. The van der Waals surface area contributed by atoms with Crippen LogP contribution in [-0.2, 0) is 14.3 Å². The van der Waals surface area contributed by atoms with Gasteiger partial charge in [0.1, 0.15) is 0 Å². The molecule has 3 aliphatic rings. The molecule has 0 unspecified atom stereocenters.